The lowest BCUT2D eigenvalue weighted by Crippen LogP contribution is -2.01. The summed E-state index contributed by atoms with van der Waals surface area (Å²) in [5, 5.41) is 0. The van der Waals surface area contributed by atoms with E-state index in [1.54, 1.807) is 0 Å². The van der Waals surface area contributed by atoms with Crippen LogP contribution in [-0.2, 0) is 0 Å². The van der Waals surface area contributed by atoms with E-state index in [-0.39, 0.29) is 0 Å². The molecule has 0 aliphatic heterocycles. The zero-order valence-corrected chi connectivity index (χ0v) is 6.27. The minimum absolute atomic E-state index is 0.961. The van der Waals surface area contributed by atoms with Gasteiger partial charge >= 0.3 is 0 Å². The SMILES string of the molecule is C=CCC1CCCC1C. The summed E-state index contributed by atoms with van der Waals surface area (Å²) in [6.45, 7) is 6.12. The van der Waals surface area contributed by atoms with Gasteiger partial charge in [-0.15, -0.1) is 6.58 Å². The molecule has 0 heterocycles. The average Bonchev–Trinajstić information content (AvgIpc) is 2.18. The van der Waals surface area contributed by atoms with Crippen LogP contribution in [0.3, 0.4) is 0 Å². The van der Waals surface area contributed by atoms with Crippen LogP contribution in [0.1, 0.15) is 32.6 Å². The molecule has 0 amide bonds. The van der Waals surface area contributed by atoms with Crippen molar-refractivity contribution in [1.82, 2.24) is 0 Å². The van der Waals surface area contributed by atoms with E-state index < -0.39 is 0 Å². The standard InChI is InChI=1S/C9H16/c1-3-5-9-7-4-6-8(9)2/h3,8-9H,1,4-7H2,2H3. The number of hydrogen-bond acceptors (Lipinski definition) is 0. The molecule has 0 saturated heterocycles. The van der Waals surface area contributed by atoms with Gasteiger partial charge in [0.2, 0.25) is 0 Å². The van der Waals surface area contributed by atoms with Crippen molar-refractivity contribution in [3.8, 4) is 0 Å². The van der Waals surface area contributed by atoms with Gasteiger partial charge in [0.1, 0.15) is 0 Å². The van der Waals surface area contributed by atoms with Crippen molar-refractivity contribution < 1.29 is 0 Å². The maximum atomic E-state index is 3.76. The Morgan fingerprint density at radius 1 is 1.56 bits per heavy atom. The van der Waals surface area contributed by atoms with Crippen LogP contribution in [0.5, 0.6) is 0 Å². The van der Waals surface area contributed by atoms with Crippen LogP contribution in [0, 0.1) is 11.8 Å². The molecular weight excluding hydrogens is 108 g/mol. The normalized spacial score (nSPS) is 34.8. The van der Waals surface area contributed by atoms with Gasteiger partial charge in [-0.2, -0.15) is 0 Å². The quantitative estimate of drug-likeness (QED) is 0.496. The molecule has 0 N–H and O–H groups in total. The Labute approximate surface area is 58.0 Å². The largest absolute Gasteiger partial charge is 0.103 e. The molecule has 0 nitrogen and oxygen atoms in total. The molecule has 0 spiro atoms. The minimum atomic E-state index is 0.961. The van der Waals surface area contributed by atoms with E-state index in [1.807, 2.05) is 0 Å². The lowest BCUT2D eigenvalue weighted by atomic mass is 9.95. The molecule has 0 heteroatoms. The second-order valence-corrected chi connectivity index (χ2v) is 3.19. The molecular formula is C9H16. The van der Waals surface area contributed by atoms with E-state index in [0.29, 0.717) is 0 Å². The Morgan fingerprint density at radius 2 is 2.33 bits per heavy atom. The van der Waals surface area contributed by atoms with Crippen molar-refractivity contribution in [3.05, 3.63) is 12.7 Å². The molecule has 0 radical (unpaired) electrons. The summed E-state index contributed by atoms with van der Waals surface area (Å²) in [4.78, 5) is 0. The first kappa shape index (κ1) is 6.85. The molecule has 52 valence electrons. The number of rotatable bonds is 2. The Bertz CT molecular complexity index is 94.2. The Kier molecular flexibility index (Phi) is 2.32. The average molecular weight is 124 g/mol. The molecule has 2 atom stereocenters. The van der Waals surface area contributed by atoms with Gasteiger partial charge in [0.05, 0.1) is 0 Å². The summed E-state index contributed by atoms with van der Waals surface area (Å²) >= 11 is 0. The first-order chi connectivity index (χ1) is 4.34. The summed E-state index contributed by atoms with van der Waals surface area (Å²) in [6.07, 6.45) is 7.62. The highest BCUT2D eigenvalue weighted by atomic mass is 14.3. The summed E-state index contributed by atoms with van der Waals surface area (Å²) in [5.74, 6) is 1.92. The molecule has 1 saturated carbocycles. The molecule has 0 aromatic rings. The van der Waals surface area contributed by atoms with Crippen LogP contribution in [0.4, 0.5) is 0 Å². The van der Waals surface area contributed by atoms with Crippen LogP contribution in [0.15, 0.2) is 12.7 Å². The van der Waals surface area contributed by atoms with Crippen molar-refractivity contribution in [2.45, 2.75) is 32.6 Å². The van der Waals surface area contributed by atoms with Gasteiger partial charge < -0.3 is 0 Å². The van der Waals surface area contributed by atoms with E-state index in [1.165, 1.54) is 25.7 Å². The maximum Gasteiger partial charge on any atom is -0.0322 e. The maximum absolute atomic E-state index is 3.76. The van der Waals surface area contributed by atoms with Crippen LogP contribution in [-0.4, -0.2) is 0 Å². The lowest BCUT2D eigenvalue weighted by molar-refractivity contribution is 0.424. The third kappa shape index (κ3) is 1.57. The van der Waals surface area contributed by atoms with Crippen molar-refractivity contribution in [1.29, 1.82) is 0 Å². The van der Waals surface area contributed by atoms with Crippen molar-refractivity contribution in [3.63, 3.8) is 0 Å². The predicted octanol–water partition coefficient (Wildman–Crippen LogP) is 3.00. The zero-order chi connectivity index (χ0) is 6.69. The van der Waals surface area contributed by atoms with Gasteiger partial charge in [-0.25, -0.2) is 0 Å². The predicted molar refractivity (Wildman–Crippen MR) is 41.3 cm³/mol. The van der Waals surface area contributed by atoms with E-state index >= 15 is 0 Å². The van der Waals surface area contributed by atoms with E-state index in [4.69, 9.17) is 0 Å². The summed E-state index contributed by atoms with van der Waals surface area (Å²) < 4.78 is 0. The smallest absolute Gasteiger partial charge is 0.0322 e. The molecule has 1 aliphatic rings. The molecule has 0 aromatic carbocycles. The van der Waals surface area contributed by atoms with Gasteiger partial charge in [-0.05, 0) is 24.7 Å². The lowest BCUT2D eigenvalue weighted by Gasteiger charge is -2.10. The molecule has 0 aromatic heterocycles. The summed E-state index contributed by atoms with van der Waals surface area (Å²) in [7, 11) is 0. The fourth-order valence-corrected chi connectivity index (χ4v) is 1.79. The van der Waals surface area contributed by atoms with E-state index in [9.17, 15) is 0 Å². The number of allylic oxidation sites excluding steroid dienone is 1. The molecule has 2 unspecified atom stereocenters. The Morgan fingerprint density at radius 3 is 2.78 bits per heavy atom. The fraction of sp³-hybridized carbons (Fsp3) is 0.778. The molecule has 0 bridgehead atoms. The van der Waals surface area contributed by atoms with Crippen LogP contribution in [0.2, 0.25) is 0 Å². The van der Waals surface area contributed by atoms with Gasteiger partial charge in [-0.3, -0.25) is 0 Å². The highest BCUT2D eigenvalue weighted by Gasteiger charge is 2.21. The van der Waals surface area contributed by atoms with Gasteiger partial charge in [-0.1, -0.05) is 25.8 Å². The highest BCUT2D eigenvalue weighted by molar-refractivity contribution is 4.80. The minimum Gasteiger partial charge on any atom is -0.103 e. The fourth-order valence-electron chi connectivity index (χ4n) is 1.79. The zero-order valence-electron chi connectivity index (χ0n) is 6.27. The molecule has 1 rings (SSSR count). The first-order valence-corrected chi connectivity index (χ1v) is 3.95. The molecule has 9 heavy (non-hydrogen) atoms. The van der Waals surface area contributed by atoms with Crippen LogP contribution in [0.25, 0.3) is 0 Å². The second kappa shape index (κ2) is 3.05. The molecule has 1 fully saturated rings. The third-order valence-corrected chi connectivity index (χ3v) is 2.51. The van der Waals surface area contributed by atoms with E-state index in [0.717, 1.165) is 11.8 Å². The van der Waals surface area contributed by atoms with Crippen molar-refractivity contribution in [2.24, 2.45) is 11.8 Å². The van der Waals surface area contributed by atoms with Crippen molar-refractivity contribution >= 4 is 0 Å². The molecule has 1 aliphatic carbocycles. The van der Waals surface area contributed by atoms with Gasteiger partial charge in [0.15, 0.2) is 0 Å². The number of hydrogen-bond donors (Lipinski definition) is 0. The monoisotopic (exact) mass is 124 g/mol. The van der Waals surface area contributed by atoms with Gasteiger partial charge in [0.25, 0.3) is 0 Å². The van der Waals surface area contributed by atoms with E-state index in [2.05, 4.69) is 19.6 Å². The van der Waals surface area contributed by atoms with Crippen LogP contribution < -0.4 is 0 Å². The Balaban J connectivity index is 2.30. The topological polar surface area (TPSA) is 0 Å². The van der Waals surface area contributed by atoms with Gasteiger partial charge in [0, 0.05) is 0 Å². The van der Waals surface area contributed by atoms with Crippen LogP contribution >= 0.6 is 0 Å². The third-order valence-electron chi connectivity index (χ3n) is 2.51. The highest BCUT2D eigenvalue weighted by Crippen LogP contribution is 2.33. The second-order valence-electron chi connectivity index (χ2n) is 3.19. The summed E-state index contributed by atoms with van der Waals surface area (Å²) in [6, 6.07) is 0. The Hall–Kier alpha value is -0.260. The van der Waals surface area contributed by atoms with Crippen molar-refractivity contribution in [2.75, 3.05) is 0 Å². The summed E-state index contributed by atoms with van der Waals surface area (Å²) in [5.41, 5.74) is 0. The first-order valence-electron chi connectivity index (χ1n) is 3.95.